The molecule has 0 amide bonds. The Morgan fingerprint density at radius 3 is 2.21 bits per heavy atom. The fourth-order valence-electron chi connectivity index (χ4n) is 3.02. The van der Waals surface area contributed by atoms with Crippen LogP contribution in [0, 0.1) is 5.92 Å². The van der Waals surface area contributed by atoms with Gasteiger partial charge in [0.05, 0.1) is 6.10 Å². The molecule has 106 valence electrons. The summed E-state index contributed by atoms with van der Waals surface area (Å²) in [5.74, 6) is 0.767. The average Bonchev–Trinajstić information content (AvgIpc) is 2.42. The second-order valence-corrected chi connectivity index (χ2v) is 6.04. The molecule has 2 rings (SSSR count). The van der Waals surface area contributed by atoms with E-state index in [0.717, 1.165) is 38.3 Å². The number of rotatable bonds is 5. The molecule has 2 heteroatoms. The van der Waals surface area contributed by atoms with Crippen LogP contribution in [-0.4, -0.2) is 29.7 Å². The van der Waals surface area contributed by atoms with Crippen LogP contribution in [0.15, 0.2) is 24.3 Å². The lowest BCUT2D eigenvalue weighted by Crippen LogP contribution is -2.29. The van der Waals surface area contributed by atoms with Crippen LogP contribution in [0.5, 0.6) is 0 Å². The van der Waals surface area contributed by atoms with Crippen molar-refractivity contribution in [3.63, 3.8) is 0 Å². The van der Waals surface area contributed by atoms with Gasteiger partial charge in [-0.3, -0.25) is 0 Å². The molecule has 1 saturated carbocycles. The summed E-state index contributed by atoms with van der Waals surface area (Å²) in [6.45, 7) is 4.38. The highest BCUT2D eigenvalue weighted by Crippen LogP contribution is 2.25. The van der Waals surface area contributed by atoms with E-state index in [2.05, 4.69) is 43.1 Å². The quantitative estimate of drug-likeness (QED) is 0.879. The van der Waals surface area contributed by atoms with Gasteiger partial charge in [-0.1, -0.05) is 31.2 Å². The van der Waals surface area contributed by atoms with Gasteiger partial charge in [-0.2, -0.15) is 0 Å². The molecule has 1 aromatic rings. The molecule has 0 spiro atoms. The van der Waals surface area contributed by atoms with E-state index in [1.54, 1.807) is 0 Å². The van der Waals surface area contributed by atoms with Crippen molar-refractivity contribution < 1.29 is 5.11 Å². The predicted molar refractivity (Wildman–Crippen MR) is 80.1 cm³/mol. The minimum absolute atomic E-state index is 0.0388. The zero-order valence-electron chi connectivity index (χ0n) is 12.3. The van der Waals surface area contributed by atoms with Crippen molar-refractivity contribution in [2.45, 2.75) is 51.7 Å². The Morgan fingerprint density at radius 2 is 1.63 bits per heavy atom. The van der Waals surface area contributed by atoms with Crippen LogP contribution in [0.25, 0.3) is 0 Å². The molecule has 1 aliphatic carbocycles. The number of aryl methyl sites for hydroxylation is 1. The van der Waals surface area contributed by atoms with E-state index in [-0.39, 0.29) is 6.10 Å². The van der Waals surface area contributed by atoms with Crippen molar-refractivity contribution in [1.82, 2.24) is 4.90 Å². The molecule has 0 unspecified atom stereocenters. The van der Waals surface area contributed by atoms with Crippen molar-refractivity contribution in [1.29, 1.82) is 0 Å². The van der Waals surface area contributed by atoms with Crippen LogP contribution >= 0.6 is 0 Å². The van der Waals surface area contributed by atoms with Crippen LogP contribution in [0.3, 0.4) is 0 Å². The SMILES string of the molecule is CCc1ccc(CN(C)CC2CCC(O)CC2)cc1. The second kappa shape index (κ2) is 7.06. The Morgan fingerprint density at radius 1 is 1.05 bits per heavy atom. The molecule has 1 N–H and O–H groups in total. The van der Waals surface area contributed by atoms with E-state index in [4.69, 9.17) is 0 Å². The third-order valence-corrected chi connectivity index (χ3v) is 4.27. The van der Waals surface area contributed by atoms with E-state index in [1.165, 1.54) is 24.0 Å². The standard InChI is InChI=1S/C17H27NO/c1-3-14-4-6-15(7-5-14)12-18(2)13-16-8-10-17(19)11-9-16/h4-7,16-17,19H,3,8-13H2,1-2H3. The number of aliphatic hydroxyl groups excluding tert-OH is 1. The maximum absolute atomic E-state index is 9.53. The number of aliphatic hydroxyl groups is 1. The number of nitrogens with zero attached hydrogens (tertiary/aromatic N) is 1. The van der Waals surface area contributed by atoms with Crippen molar-refractivity contribution in [3.8, 4) is 0 Å². The number of hydrogen-bond donors (Lipinski definition) is 1. The van der Waals surface area contributed by atoms with E-state index < -0.39 is 0 Å². The Balaban J connectivity index is 1.78. The molecule has 1 fully saturated rings. The van der Waals surface area contributed by atoms with Gasteiger partial charge in [-0.05, 0) is 56.2 Å². The summed E-state index contributed by atoms with van der Waals surface area (Å²) in [7, 11) is 2.21. The van der Waals surface area contributed by atoms with Gasteiger partial charge >= 0.3 is 0 Å². The molecule has 0 aromatic heterocycles. The van der Waals surface area contributed by atoms with Crippen molar-refractivity contribution in [2.24, 2.45) is 5.92 Å². The topological polar surface area (TPSA) is 23.5 Å². The summed E-state index contributed by atoms with van der Waals surface area (Å²) in [5, 5.41) is 9.53. The highest BCUT2D eigenvalue weighted by molar-refractivity contribution is 5.22. The van der Waals surface area contributed by atoms with Gasteiger partial charge in [0.15, 0.2) is 0 Å². The third-order valence-electron chi connectivity index (χ3n) is 4.27. The summed E-state index contributed by atoms with van der Waals surface area (Å²) in [6.07, 6.45) is 5.41. The molecule has 0 heterocycles. The Kier molecular flexibility index (Phi) is 5.41. The predicted octanol–water partition coefficient (Wildman–Crippen LogP) is 3.23. The maximum atomic E-state index is 9.53. The number of benzene rings is 1. The van der Waals surface area contributed by atoms with Gasteiger partial charge in [0.25, 0.3) is 0 Å². The van der Waals surface area contributed by atoms with Gasteiger partial charge in [0.2, 0.25) is 0 Å². The lowest BCUT2D eigenvalue weighted by atomic mass is 9.87. The number of hydrogen-bond acceptors (Lipinski definition) is 2. The van der Waals surface area contributed by atoms with Gasteiger partial charge in [-0.15, -0.1) is 0 Å². The van der Waals surface area contributed by atoms with Crippen LogP contribution in [0.1, 0.15) is 43.7 Å². The van der Waals surface area contributed by atoms with E-state index in [0.29, 0.717) is 0 Å². The summed E-state index contributed by atoms with van der Waals surface area (Å²) in [6, 6.07) is 8.97. The van der Waals surface area contributed by atoms with Gasteiger partial charge in [0, 0.05) is 13.1 Å². The molecule has 0 atom stereocenters. The van der Waals surface area contributed by atoms with E-state index >= 15 is 0 Å². The monoisotopic (exact) mass is 261 g/mol. The summed E-state index contributed by atoms with van der Waals surface area (Å²) >= 11 is 0. The Hall–Kier alpha value is -0.860. The first-order chi connectivity index (χ1) is 9.17. The molecule has 0 aliphatic heterocycles. The summed E-state index contributed by atoms with van der Waals surface area (Å²) in [5.41, 5.74) is 2.81. The highest BCUT2D eigenvalue weighted by atomic mass is 16.3. The molecule has 0 radical (unpaired) electrons. The Labute approximate surface area is 117 Å². The molecular formula is C17H27NO. The molecule has 19 heavy (non-hydrogen) atoms. The largest absolute Gasteiger partial charge is 0.393 e. The first-order valence-corrected chi connectivity index (χ1v) is 7.61. The molecule has 1 aliphatic rings. The lowest BCUT2D eigenvalue weighted by molar-refractivity contribution is 0.0968. The second-order valence-electron chi connectivity index (χ2n) is 6.04. The molecule has 2 nitrogen and oxygen atoms in total. The summed E-state index contributed by atoms with van der Waals surface area (Å²) in [4.78, 5) is 2.42. The van der Waals surface area contributed by atoms with Crippen molar-refractivity contribution in [2.75, 3.05) is 13.6 Å². The Bertz CT molecular complexity index is 365. The fraction of sp³-hybridized carbons (Fsp3) is 0.647. The van der Waals surface area contributed by atoms with Crippen LogP contribution in [0.2, 0.25) is 0 Å². The molecular weight excluding hydrogens is 234 g/mol. The van der Waals surface area contributed by atoms with Gasteiger partial charge < -0.3 is 10.0 Å². The zero-order chi connectivity index (χ0) is 13.7. The molecule has 0 saturated heterocycles. The van der Waals surface area contributed by atoms with Crippen LogP contribution < -0.4 is 0 Å². The first-order valence-electron chi connectivity index (χ1n) is 7.61. The minimum Gasteiger partial charge on any atom is -0.393 e. The van der Waals surface area contributed by atoms with Gasteiger partial charge in [0.1, 0.15) is 0 Å². The van der Waals surface area contributed by atoms with Crippen molar-refractivity contribution >= 4 is 0 Å². The average molecular weight is 261 g/mol. The van der Waals surface area contributed by atoms with Crippen LogP contribution in [-0.2, 0) is 13.0 Å². The van der Waals surface area contributed by atoms with Crippen LogP contribution in [0.4, 0.5) is 0 Å². The third kappa shape index (κ3) is 4.63. The summed E-state index contributed by atoms with van der Waals surface area (Å²) < 4.78 is 0. The van der Waals surface area contributed by atoms with E-state index in [9.17, 15) is 5.11 Å². The van der Waals surface area contributed by atoms with E-state index in [1.807, 2.05) is 0 Å². The smallest absolute Gasteiger partial charge is 0.0540 e. The fourth-order valence-corrected chi connectivity index (χ4v) is 3.02. The molecule has 1 aromatic carbocycles. The first kappa shape index (κ1) is 14.5. The maximum Gasteiger partial charge on any atom is 0.0540 e. The minimum atomic E-state index is -0.0388. The molecule has 0 bridgehead atoms. The normalized spacial score (nSPS) is 23.8. The highest BCUT2D eigenvalue weighted by Gasteiger charge is 2.20. The zero-order valence-corrected chi connectivity index (χ0v) is 12.3. The van der Waals surface area contributed by atoms with Gasteiger partial charge in [-0.25, -0.2) is 0 Å². The van der Waals surface area contributed by atoms with Crippen molar-refractivity contribution in [3.05, 3.63) is 35.4 Å². The lowest BCUT2D eigenvalue weighted by Gasteiger charge is -2.29.